The average Bonchev–Trinajstić information content (AvgIpc) is 2.50. The second-order valence-electron chi connectivity index (χ2n) is 5.46. The number of rotatable bonds is 1. The summed E-state index contributed by atoms with van der Waals surface area (Å²) in [6, 6.07) is -1.01. The van der Waals surface area contributed by atoms with Crippen LogP contribution in [0.4, 0.5) is 4.79 Å². The lowest BCUT2D eigenvalue weighted by Gasteiger charge is -2.34. The molecule has 17 heavy (non-hydrogen) atoms. The van der Waals surface area contributed by atoms with Crippen LogP contribution in [0.15, 0.2) is 0 Å². The monoisotopic (exact) mass is 246 g/mol. The van der Waals surface area contributed by atoms with E-state index in [4.69, 9.17) is 12.3 Å². The number of carbonyl (C=O) groups is 2. The molecule has 0 bridgehead atoms. The van der Waals surface area contributed by atoms with Crippen LogP contribution in [0.25, 0.3) is 0 Å². The molecule has 0 aromatic carbocycles. The normalized spacial score (nSPS) is 25.0. The molecule has 0 aliphatic carbocycles. The van der Waals surface area contributed by atoms with E-state index in [1.54, 1.807) is 34.6 Å². The van der Waals surface area contributed by atoms with E-state index in [9.17, 15) is 9.59 Å². The van der Waals surface area contributed by atoms with Gasteiger partial charge in [0, 0.05) is 0 Å². The maximum Gasteiger partial charge on any atom is 0.413 e. The molecule has 98 valence electrons. The highest BCUT2D eigenvalue weighted by Crippen LogP contribution is 2.29. The first-order chi connectivity index (χ1) is 8.46. The quantitative estimate of drug-likeness (QED) is 0.743. The summed E-state index contributed by atoms with van der Waals surface area (Å²) in [6.07, 6.45) is -0.699. The van der Waals surface area contributed by atoms with Crippen molar-refractivity contribution in [3.63, 3.8) is 0 Å². The summed E-state index contributed by atoms with van der Waals surface area (Å²) in [5, 5.41) is 0. The highest BCUT2D eigenvalue weighted by molar-refractivity contribution is 5.85. The van der Waals surface area contributed by atoms with Crippen LogP contribution in [0.2, 0.25) is 2.82 Å². The molecular weight excluding hydrogens is 224 g/mol. The Morgan fingerprint density at radius 1 is 1.53 bits per heavy atom. The lowest BCUT2D eigenvalue weighted by atomic mass is 10.2. The zero-order chi connectivity index (χ0) is 15.0. The van der Waals surface area contributed by atoms with Gasteiger partial charge in [-0.3, -0.25) is 9.69 Å². The Balaban J connectivity index is 2.96. The van der Waals surface area contributed by atoms with Gasteiger partial charge in [0.15, 0.2) is 2.82 Å². The smallest absolute Gasteiger partial charge is 0.413 e. The number of nitrogens with zero attached hydrogens (tertiary/aromatic N) is 1. The van der Waals surface area contributed by atoms with Gasteiger partial charge in [-0.2, -0.15) is 0 Å². The van der Waals surface area contributed by atoms with E-state index in [-0.39, 0.29) is 12.3 Å². The molecule has 6 nitrogen and oxygen atoms in total. The summed E-state index contributed by atoms with van der Waals surface area (Å²) in [5.74, 6) is -0.837. The van der Waals surface area contributed by atoms with Crippen LogP contribution in [0, 0.1) is 0 Å². The summed E-state index contributed by atoms with van der Waals surface area (Å²) in [6.45, 7) is 8.34. The van der Waals surface area contributed by atoms with Crippen molar-refractivity contribution < 1.29 is 21.9 Å². The Hall–Kier alpha value is -1.30. The third kappa shape index (κ3) is 3.09. The Labute approximate surface area is 104 Å². The molecule has 1 saturated heterocycles. The lowest BCUT2D eigenvalue weighted by Crippen LogP contribution is -2.53. The number of carbonyl (C=O) groups excluding carboxylic acids is 2. The number of hydrogen-bond donors (Lipinski definition) is 1. The highest BCUT2D eigenvalue weighted by atomic mass is 16.6. The van der Waals surface area contributed by atoms with E-state index in [0.29, 0.717) is 0 Å². The fourth-order valence-electron chi connectivity index (χ4n) is 1.64. The van der Waals surface area contributed by atoms with Crippen LogP contribution >= 0.6 is 0 Å². The Kier molecular flexibility index (Phi) is 2.66. The van der Waals surface area contributed by atoms with Crippen LogP contribution in [-0.2, 0) is 14.3 Å². The minimum absolute atomic E-state index is 0.0488. The molecule has 0 saturated carbocycles. The summed E-state index contributed by atoms with van der Waals surface area (Å²) in [7, 11) is 0. The molecule has 1 aliphatic heterocycles. The van der Waals surface area contributed by atoms with Crippen molar-refractivity contribution in [1.82, 2.24) is 4.90 Å². The first-order valence-corrected chi connectivity index (χ1v) is 5.44. The van der Waals surface area contributed by atoms with Gasteiger partial charge in [-0.25, -0.2) is 4.79 Å². The van der Waals surface area contributed by atoms with Crippen molar-refractivity contribution >= 4 is 12.0 Å². The van der Waals surface area contributed by atoms with E-state index in [1.165, 1.54) is 0 Å². The largest absolute Gasteiger partial charge is 0.444 e. The number of primary amides is 1. The van der Waals surface area contributed by atoms with E-state index in [0.717, 1.165) is 4.90 Å². The van der Waals surface area contributed by atoms with Crippen molar-refractivity contribution in [1.29, 1.82) is 0 Å². The van der Waals surface area contributed by atoms with Gasteiger partial charge >= 0.3 is 6.09 Å². The molecule has 0 aromatic rings. The molecule has 1 heterocycles. The number of amides is 2. The van der Waals surface area contributed by atoms with Crippen molar-refractivity contribution in [3.05, 3.63) is 0 Å². The van der Waals surface area contributed by atoms with Crippen molar-refractivity contribution in [2.45, 2.75) is 52.0 Å². The van der Waals surface area contributed by atoms with Crippen molar-refractivity contribution in [2.75, 3.05) is 6.61 Å². The first kappa shape index (κ1) is 10.8. The standard InChI is InChI=1S/C11H20N2O4/c1-10(2,3)17-9(15)13-7(8(12)14)6-16-11(13,4)5/h7H,6H2,1-5H3,(H2,12,14)/t7-/m1/s1/i/hD2. The van der Waals surface area contributed by atoms with Crippen LogP contribution in [0.1, 0.15) is 34.6 Å². The summed E-state index contributed by atoms with van der Waals surface area (Å²) >= 11 is 0. The van der Waals surface area contributed by atoms with Gasteiger partial charge < -0.3 is 15.2 Å². The molecular formula is C11H20N2O4. The Bertz CT molecular complexity index is 379. The predicted molar refractivity (Wildman–Crippen MR) is 61.1 cm³/mol. The SMILES string of the molecule is [2H]N([2H])C(=O)[C@H]1COC(C)(C)N1C(=O)OC(C)(C)C. The lowest BCUT2D eigenvalue weighted by molar-refractivity contribution is -0.123. The fraction of sp³-hybridized carbons (Fsp3) is 0.818. The molecule has 2 amide bonds. The van der Waals surface area contributed by atoms with Crippen molar-refractivity contribution in [2.24, 2.45) is 5.72 Å². The molecule has 0 radical (unpaired) electrons. The van der Waals surface area contributed by atoms with Crippen molar-refractivity contribution in [3.8, 4) is 0 Å². The summed E-state index contributed by atoms with van der Waals surface area (Å²) < 4.78 is 24.6. The average molecular weight is 246 g/mol. The van der Waals surface area contributed by atoms with E-state index in [1.807, 2.05) is 0 Å². The Morgan fingerprint density at radius 2 is 2.12 bits per heavy atom. The van der Waals surface area contributed by atoms with Crippen LogP contribution in [0.3, 0.4) is 0 Å². The highest BCUT2D eigenvalue weighted by Gasteiger charge is 2.48. The predicted octanol–water partition coefficient (Wildman–Crippen LogP) is 0.844. The topological polar surface area (TPSA) is 81.9 Å². The van der Waals surface area contributed by atoms with Crippen LogP contribution in [0.5, 0.6) is 0 Å². The minimum atomic E-state index is -1.02. The van der Waals surface area contributed by atoms with Gasteiger partial charge in [-0.05, 0) is 34.6 Å². The molecule has 1 aliphatic rings. The molecule has 1 atom stereocenters. The fourth-order valence-corrected chi connectivity index (χ4v) is 1.64. The maximum atomic E-state index is 12.1. The van der Waals surface area contributed by atoms with Crippen LogP contribution < -0.4 is 5.72 Å². The maximum absolute atomic E-state index is 12.1. The molecule has 1 rings (SSSR count). The second kappa shape index (κ2) is 4.18. The van der Waals surface area contributed by atoms with Gasteiger partial charge in [-0.1, -0.05) is 0 Å². The summed E-state index contributed by atoms with van der Waals surface area (Å²) in [5.41, 5.74) is -1.77. The van der Waals surface area contributed by atoms with E-state index in [2.05, 4.69) is 0 Å². The van der Waals surface area contributed by atoms with Gasteiger partial charge in [0.05, 0.1) is 6.61 Å². The Morgan fingerprint density at radius 3 is 2.59 bits per heavy atom. The first-order valence-electron chi connectivity index (χ1n) is 6.33. The van der Waals surface area contributed by atoms with Crippen LogP contribution in [-0.4, -0.2) is 40.9 Å². The third-order valence-corrected chi connectivity index (χ3v) is 2.36. The molecule has 0 spiro atoms. The van der Waals surface area contributed by atoms with Gasteiger partial charge in [0.1, 0.15) is 17.4 Å². The second-order valence-corrected chi connectivity index (χ2v) is 5.46. The van der Waals surface area contributed by atoms with Gasteiger partial charge in [0.25, 0.3) is 0 Å². The van der Waals surface area contributed by atoms with Gasteiger partial charge in [0.2, 0.25) is 5.91 Å². The zero-order valence-corrected chi connectivity index (χ0v) is 10.8. The molecule has 2 N–H and O–H groups in total. The zero-order valence-electron chi connectivity index (χ0n) is 12.8. The minimum Gasteiger partial charge on any atom is -0.444 e. The number of ether oxygens (including phenoxy) is 2. The molecule has 6 heteroatoms. The molecule has 0 aromatic heterocycles. The molecule has 0 unspecified atom stereocenters. The third-order valence-electron chi connectivity index (χ3n) is 2.36. The molecule has 1 fully saturated rings. The number of nitrogens with two attached hydrogens (primary N) is 1. The van der Waals surface area contributed by atoms with E-state index >= 15 is 0 Å². The van der Waals surface area contributed by atoms with Gasteiger partial charge in [-0.15, -0.1) is 0 Å². The van der Waals surface area contributed by atoms with E-state index < -0.39 is 29.4 Å². The number of hydrogen-bond acceptors (Lipinski definition) is 4. The summed E-state index contributed by atoms with van der Waals surface area (Å²) in [4.78, 5) is 25.0.